The van der Waals surface area contributed by atoms with Crippen molar-refractivity contribution in [1.29, 1.82) is 0 Å². The second-order valence-electron chi connectivity index (χ2n) is 5.39. The lowest BCUT2D eigenvalue weighted by atomic mass is 10.0. The van der Waals surface area contributed by atoms with Gasteiger partial charge >= 0.3 is 5.97 Å². The van der Waals surface area contributed by atoms with Crippen LogP contribution in [0, 0.1) is 5.92 Å². The van der Waals surface area contributed by atoms with Crippen LogP contribution in [0.15, 0.2) is 34.1 Å². The Morgan fingerprint density at radius 1 is 1.42 bits per heavy atom. The molecule has 0 unspecified atom stereocenters. The van der Waals surface area contributed by atoms with Crippen LogP contribution >= 0.6 is 35.7 Å². The average molecular weight is 382 g/mol. The second-order valence-corrected chi connectivity index (χ2v) is 7.94. The van der Waals surface area contributed by atoms with E-state index in [1.807, 2.05) is 37.4 Å². The van der Waals surface area contributed by atoms with Crippen LogP contribution in [0.2, 0.25) is 0 Å². The number of aliphatic carboxylic acids is 1. The van der Waals surface area contributed by atoms with Gasteiger partial charge in [-0.05, 0) is 36.4 Å². The Labute approximate surface area is 155 Å². The van der Waals surface area contributed by atoms with Crippen LogP contribution in [0.25, 0.3) is 6.08 Å². The number of carbonyl (C=O) groups excluding carboxylic acids is 1. The summed E-state index contributed by atoms with van der Waals surface area (Å²) in [5.74, 6) is -1.68. The van der Waals surface area contributed by atoms with Gasteiger partial charge in [0.1, 0.15) is 4.32 Å². The molecule has 0 bridgehead atoms. The first-order valence-corrected chi connectivity index (χ1v) is 10.0. The van der Waals surface area contributed by atoms with Crippen molar-refractivity contribution in [2.75, 3.05) is 12.8 Å². The van der Waals surface area contributed by atoms with E-state index in [2.05, 4.69) is 0 Å². The summed E-state index contributed by atoms with van der Waals surface area (Å²) < 4.78 is 0.425. The number of amides is 1. The van der Waals surface area contributed by atoms with E-state index in [0.717, 1.165) is 16.9 Å². The van der Waals surface area contributed by atoms with Crippen molar-refractivity contribution in [3.63, 3.8) is 0 Å². The Hall–Kier alpha value is -1.31. The maximum Gasteiger partial charge on any atom is 0.308 e. The van der Waals surface area contributed by atoms with E-state index in [9.17, 15) is 14.7 Å². The van der Waals surface area contributed by atoms with Gasteiger partial charge in [-0.1, -0.05) is 49.5 Å². The van der Waals surface area contributed by atoms with Gasteiger partial charge in [0.05, 0.1) is 10.8 Å². The number of hydrogen-bond donors (Lipinski definition) is 1. The Morgan fingerprint density at radius 3 is 2.62 bits per heavy atom. The molecule has 1 aliphatic heterocycles. The van der Waals surface area contributed by atoms with E-state index < -0.39 is 11.9 Å². The highest BCUT2D eigenvalue weighted by Crippen LogP contribution is 2.33. The minimum Gasteiger partial charge on any atom is -0.481 e. The van der Waals surface area contributed by atoms with Crippen LogP contribution in [0.4, 0.5) is 0 Å². The Balaban J connectivity index is 2.15. The molecule has 128 valence electrons. The molecule has 2 rings (SSSR count). The standard InChI is InChI=1S/C17H19NO3S3/c1-3-4-12(16(20)21)10-18-15(19)14(24-17(18)22)9-11-5-7-13(23-2)8-6-11/h5-9,12H,3-4,10H2,1-2H3,(H,20,21)/b14-9-/t12-/m0/s1. The zero-order chi connectivity index (χ0) is 17.7. The molecule has 1 saturated heterocycles. The zero-order valence-corrected chi connectivity index (χ0v) is 16.0. The maximum atomic E-state index is 12.6. The molecule has 0 radical (unpaired) electrons. The molecule has 0 saturated carbocycles. The second kappa shape index (κ2) is 8.69. The SMILES string of the molecule is CCC[C@@H](CN1C(=O)/C(=C/c2ccc(SC)cc2)SC1=S)C(=O)O. The van der Waals surface area contributed by atoms with Crippen LogP contribution in [0.3, 0.4) is 0 Å². The van der Waals surface area contributed by atoms with Crippen LogP contribution < -0.4 is 0 Å². The molecule has 4 nitrogen and oxygen atoms in total. The van der Waals surface area contributed by atoms with Crippen LogP contribution in [0.5, 0.6) is 0 Å². The normalized spacial score (nSPS) is 17.6. The van der Waals surface area contributed by atoms with Gasteiger partial charge in [0.2, 0.25) is 0 Å². The molecule has 1 fully saturated rings. The van der Waals surface area contributed by atoms with Crippen molar-refractivity contribution in [2.24, 2.45) is 5.92 Å². The number of hydrogen-bond acceptors (Lipinski definition) is 5. The number of nitrogens with zero attached hydrogens (tertiary/aromatic N) is 1. The van der Waals surface area contributed by atoms with Crippen LogP contribution in [-0.2, 0) is 9.59 Å². The van der Waals surface area contributed by atoms with Crippen molar-refractivity contribution in [3.8, 4) is 0 Å². The third kappa shape index (κ3) is 4.62. The van der Waals surface area contributed by atoms with Gasteiger partial charge in [0.15, 0.2) is 0 Å². The summed E-state index contributed by atoms with van der Waals surface area (Å²) in [6, 6.07) is 7.91. The van der Waals surface area contributed by atoms with E-state index in [1.54, 1.807) is 17.8 Å². The van der Waals surface area contributed by atoms with Gasteiger partial charge in [-0.2, -0.15) is 0 Å². The maximum absolute atomic E-state index is 12.6. The molecule has 7 heteroatoms. The van der Waals surface area contributed by atoms with Crippen LogP contribution in [-0.4, -0.2) is 39.0 Å². The van der Waals surface area contributed by atoms with Gasteiger partial charge in [-0.3, -0.25) is 14.5 Å². The fourth-order valence-electron chi connectivity index (χ4n) is 2.37. The molecule has 24 heavy (non-hydrogen) atoms. The summed E-state index contributed by atoms with van der Waals surface area (Å²) >= 11 is 8.16. The topological polar surface area (TPSA) is 57.6 Å². The molecule has 0 aliphatic carbocycles. The first-order chi connectivity index (χ1) is 11.5. The van der Waals surface area contributed by atoms with Crippen molar-refractivity contribution < 1.29 is 14.7 Å². The number of thiocarbonyl (C=S) groups is 1. The summed E-state index contributed by atoms with van der Waals surface area (Å²) in [5.41, 5.74) is 0.927. The molecule has 1 heterocycles. The highest BCUT2D eigenvalue weighted by molar-refractivity contribution is 8.26. The van der Waals surface area contributed by atoms with E-state index in [1.165, 1.54) is 16.7 Å². The molecule has 1 N–H and O–H groups in total. The number of carboxylic acids is 1. The first kappa shape index (κ1) is 19.0. The van der Waals surface area contributed by atoms with E-state index in [4.69, 9.17) is 12.2 Å². The van der Waals surface area contributed by atoms with E-state index >= 15 is 0 Å². The molecule has 1 atom stereocenters. The molecular weight excluding hydrogens is 362 g/mol. The lowest BCUT2D eigenvalue weighted by Gasteiger charge is -2.19. The Morgan fingerprint density at radius 2 is 2.08 bits per heavy atom. The molecule has 1 aromatic carbocycles. The number of carbonyl (C=O) groups is 2. The summed E-state index contributed by atoms with van der Waals surface area (Å²) in [5, 5.41) is 9.28. The van der Waals surface area contributed by atoms with E-state index in [0.29, 0.717) is 15.6 Å². The van der Waals surface area contributed by atoms with Crippen LogP contribution in [0.1, 0.15) is 25.3 Å². The van der Waals surface area contributed by atoms with Crippen molar-refractivity contribution in [2.45, 2.75) is 24.7 Å². The highest BCUT2D eigenvalue weighted by Gasteiger charge is 2.34. The summed E-state index contributed by atoms with van der Waals surface area (Å²) in [6.07, 6.45) is 5.10. The molecule has 0 spiro atoms. The highest BCUT2D eigenvalue weighted by atomic mass is 32.2. The minimum atomic E-state index is -0.887. The van der Waals surface area contributed by atoms with Gasteiger partial charge in [0, 0.05) is 11.4 Å². The summed E-state index contributed by atoms with van der Waals surface area (Å²) in [4.78, 5) is 27.0. The van der Waals surface area contributed by atoms with Crippen molar-refractivity contribution >= 4 is 58.0 Å². The number of thioether (sulfide) groups is 2. The summed E-state index contributed by atoms with van der Waals surface area (Å²) in [7, 11) is 0. The third-order valence-corrected chi connectivity index (χ3v) is 5.80. The average Bonchev–Trinajstić information content (AvgIpc) is 2.82. The smallest absolute Gasteiger partial charge is 0.308 e. The Kier molecular flexibility index (Phi) is 6.89. The Bertz CT molecular complexity index is 670. The quantitative estimate of drug-likeness (QED) is 0.436. The summed E-state index contributed by atoms with van der Waals surface area (Å²) in [6.45, 7) is 2.06. The predicted molar refractivity (Wildman–Crippen MR) is 104 cm³/mol. The van der Waals surface area contributed by atoms with Gasteiger partial charge < -0.3 is 5.11 Å². The fourth-order valence-corrected chi connectivity index (χ4v) is 4.05. The molecule has 1 amide bonds. The molecule has 1 aromatic rings. The lowest BCUT2D eigenvalue weighted by Crippen LogP contribution is -2.36. The molecule has 1 aliphatic rings. The van der Waals surface area contributed by atoms with Crippen molar-refractivity contribution in [3.05, 3.63) is 34.7 Å². The zero-order valence-electron chi connectivity index (χ0n) is 13.5. The first-order valence-electron chi connectivity index (χ1n) is 7.58. The largest absolute Gasteiger partial charge is 0.481 e. The minimum absolute atomic E-state index is 0.136. The van der Waals surface area contributed by atoms with Gasteiger partial charge in [0.25, 0.3) is 5.91 Å². The lowest BCUT2D eigenvalue weighted by molar-refractivity contribution is -0.142. The fraction of sp³-hybridized carbons (Fsp3) is 0.353. The van der Waals surface area contributed by atoms with Gasteiger partial charge in [-0.15, -0.1) is 11.8 Å². The van der Waals surface area contributed by atoms with E-state index in [-0.39, 0.29) is 12.5 Å². The predicted octanol–water partition coefficient (Wildman–Crippen LogP) is 4.11. The third-order valence-electron chi connectivity index (χ3n) is 3.68. The van der Waals surface area contributed by atoms with Crippen molar-refractivity contribution in [1.82, 2.24) is 4.90 Å². The molecular formula is C17H19NO3S3. The number of carboxylic acid groups (broad SMARTS) is 1. The number of rotatable bonds is 7. The number of benzene rings is 1. The van der Waals surface area contributed by atoms with Gasteiger partial charge in [-0.25, -0.2) is 0 Å². The molecule has 0 aromatic heterocycles. The monoisotopic (exact) mass is 381 g/mol.